The highest BCUT2D eigenvalue weighted by molar-refractivity contribution is 5.74. The van der Waals surface area contributed by atoms with Gasteiger partial charge in [-0.25, -0.2) is 4.79 Å². The van der Waals surface area contributed by atoms with Crippen molar-refractivity contribution in [3.63, 3.8) is 0 Å². The molecule has 4 nitrogen and oxygen atoms in total. The van der Waals surface area contributed by atoms with E-state index in [4.69, 9.17) is 11.1 Å². The lowest BCUT2D eigenvalue weighted by molar-refractivity contribution is 0.568. The van der Waals surface area contributed by atoms with Crippen LogP contribution >= 0.6 is 0 Å². The van der Waals surface area contributed by atoms with E-state index >= 15 is 0 Å². The normalized spacial score (nSPS) is 7.00. The van der Waals surface area contributed by atoms with Crippen molar-refractivity contribution in [1.82, 2.24) is 5.32 Å². The number of carbonyl (C=O) groups excluding carboxylic acids is 1. The van der Waals surface area contributed by atoms with Crippen molar-refractivity contribution in [2.24, 2.45) is 5.73 Å². The molecule has 44 valence electrons. The lowest BCUT2D eigenvalue weighted by atomic mass is 10.6. The first-order valence-electron chi connectivity index (χ1n) is 2.04. The summed E-state index contributed by atoms with van der Waals surface area (Å²) in [5.74, 6) is 1.39. The fraction of sp³-hybridized carbons (Fsp3) is 0.250. The third-order valence-corrected chi connectivity index (χ3v) is 0.478. The maximum absolute atomic E-state index is 9.45. The van der Waals surface area contributed by atoms with Gasteiger partial charge in [-0.3, -0.25) is 5.41 Å². The minimum atomic E-state index is -0.142. The molecule has 0 amide bonds. The summed E-state index contributed by atoms with van der Waals surface area (Å²) in [5.41, 5.74) is 4.86. The van der Waals surface area contributed by atoms with Gasteiger partial charge in [0.1, 0.15) is 5.94 Å². The van der Waals surface area contributed by atoms with Crippen LogP contribution in [-0.4, -0.2) is 18.4 Å². The van der Waals surface area contributed by atoms with Gasteiger partial charge in [-0.15, -0.1) is 0 Å². The van der Waals surface area contributed by atoms with Gasteiger partial charge in [0.2, 0.25) is 0 Å². The topological polar surface area (TPSA) is 79.0 Å². The molecule has 8 heavy (non-hydrogen) atoms. The Labute approximate surface area is 46.9 Å². The van der Waals surface area contributed by atoms with E-state index in [1.54, 1.807) is 0 Å². The molecule has 4 N–H and O–H groups in total. The summed E-state index contributed by atoms with van der Waals surface area (Å²) in [5, 5.41) is 8.98. The maximum Gasteiger partial charge on any atom is 0.185 e. The Bertz CT molecular complexity index is 123. The van der Waals surface area contributed by atoms with E-state index in [1.165, 1.54) is 12.0 Å². The average molecular weight is 113 g/mol. The van der Waals surface area contributed by atoms with Gasteiger partial charge in [-0.05, 0) is 0 Å². The second-order valence-corrected chi connectivity index (χ2v) is 1.12. The lowest BCUT2D eigenvalue weighted by Gasteiger charge is -1.93. The molecule has 0 heterocycles. The molecular weight excluding hydrogens is 106 g/mol. The van der Waals surface area contributed by atoms with Crippen LogP contribution in [0.5, 0.6) is 0 Å². The van der Waals surface area contributed by atoms with Crippen LogP contribution in [0.1, 0.15) is 0 Å². The molecule has 4 heteroatoms. The highest BCUT2D eigenvalue weighted by Gasteiger charge is 1.78. The van der Waals surface area contributed by atoms with E-state index < -0.39 is 0 Å². The van der Waals surface area contributed by atoms with Crippen molar-refractivity contribution in [1.29, 1.82) is 5.41 Å². The van der Waals surface area contributed by atoms with Crippen LogP contribution in [0.3, 0.4) is 0 Å². The monoisotopic (exact) mass is 113 g/mol. The molecule has 0 aliphatic rings. The number of hydrogen-bond acceptors (Lipinski definition) is 2. The van der Waals surface area contributed by atoms with Gasteiger partial charge in [-0.1, -0.05) is 0 Å². The van der Waals surface area contributed by atoms with Gasteiger partial charge in [0.15, 0.2) is 5.96 Å². The molecule has 0 aromatic rings. The van der Waals surface area contributed by atoms with E-state index in [1.807, 2.05) is 0 Å². The van der Waals surface area contributed by atoms with Crippen LogP contribution in [0.4, 0.5) is 0 Å². The number of rotatable bonds is 2. The van der Waals surface area contributed by atoms with Gasteiger partial charge in [0, 0.05) is 12.6 Å². The van der Waals surface area contributed by atoms with Crippen LogP contribution in [0.15, 0.2) is 6.08 Å². The molecule has 0 radical (unpaired) electrons. The highest BCUT2D eigenvalue weighted by atomic mass is 16.1. The Hall–Kier alpha value is -1.28. The van der Waals surface area contributed by atoms with E-state index in [-0.39, 0.29) is 12.5 Å². The number of hydrogen-bond donors (Lipinski definition) is 3. The van der Waals surface area contributed by atoms with Gasteiger partial charge in [-0.2, -0.15) is 0 Å². The summed E-state index contributed by atoms with van der Waals surface area (Å²) >= 11 is 0. The quantitative estimate of drug-likeness (QED) is 0.240. The Balaban J connectivity index is 3.18. The third kappa shape index (κ3) is 4.72. The SMILES string of the molecule is N=C(N)NCC=C=O. The van der Waals surface area contributed by atoms with Crippen LogP contribution in [0, 0.1) is 5.41 Å². The zero-order chi connectivity index (χ0) is 6.41. The summed E-state index contributed by atoms with van der Waals surface area (Å²) < 4.78 is 0. The Morgan fingerprint density at radius 3 is 3.00 bits per heavy atom. The van der Waals surface area contributed by atoms with Gasteiger partial charge in [0.05, 0.1) is 0 Å². The zero-order valence-electron chi connectivity index (χ0n) is 4.27. The number of nitrogens with one attached hydrogen (secondary N) is 2. The molecule has 0 spiro atoms. The van der Waals surface area contributed by atoms with Crippen molar-refractivity contribution < 1.29 is 4.79 Å². The minimum absolute atomic E-state index is 0.142. The van der Waals surface area contributed by atoms with Crippen LogP contribution in [0.2, 0.25) is 0 Å². The zero-order valence-corrected chi connectivity index (χ0v) is 4.27. The molecule has 0 bridgehead atoms. The maximum atomic E-state index is 9.45. The van der Waals surface area contributed by atoms with Crippen molar-refractivity contribution in [3.8, 4) is 0 Å². The molecule has 0 fully saturated rings. The first-order chi connectivity index (χ1) is 3.77. The molecule has 0 aliphatic heterocycles. The summed E-state index contributed by atoms with van der Waals surface area (Å²) in [7, 11) is 0. The summed E-state index contributed by atoms with van der Waals surface area (Å²) in [6.45, 7) is 0.277. The van der Waals surface area contributed by atoms with Crippen molar-refractivity contribution in [2.75, 3.05) is 6.54 Å². The minimum Gasteiger partial charge on any atom is -0.370 e. The van der Waals surface area contributed by atoms with E-state index in [0.29, 0.717) is 0 Å². The van der Waals surface area contributed by atoms with Gasteiger partial charge in [0.25, 0.3) is 0 Å². The van der Waals surface area contributed by atoms with E-state index in [9.17, 15) is 4.79 Å². The molecule has 0 unspecified atom stereocenters. The second kappa shape index (κ2) is 3.89. The van der Waals surface area contributed by atoms with Crippen LogP contribution < -0.4 is 11.1 Å². The van der Waals surface area contributed by atoms with Crippen molar-refractivity contribution in [2.45, 2.75) is 0 Å². The lowest BCUT2D eigenvalue weighted by Crippen LogP contribution is -2.30. The first kappa shape index (κ1) is 6.72. The molecular formula is C4H7N3O. The molecule has 0 aromatic heterocycles. The van der Waals surface area contributed by atoms with Crippen LogP contribution in [-0.2, 0) is 4.79 Å². The van der Waals surface area contributed by atoms with Gasteiger partial charge < -0.3 is 11.1 Å². The fourth-order valence-electron chi connectivity index (χ4n) is 0.203. The van der Waals surface area contributed by atoms with Gasteiger partial charge >= 0.3 is 0 Å². The highest BCUT2D eigenvalue weighted by Crippen LogP contribution is 1.53. The Morgan fingerprint density at radius 2 is 2.62 bits per heavy atom. The molecule has 0 atom stereocenters. The number of guanidine groups is 1. The molecule has 0 aliphatic carbocycles. The summed E-state index contributed by atoms with van der Waals surface area (Å²) in [6.07, 6.45) is 1.21. The first-order valence-corrected chi connectivity index (χ1v) is 2.04. The molecule has 0 aromatic carbocycles. The molecule has 0 rings (SSSR count). The third-order valence-electron chi connectivity index (χ3n) is 0.478. The number of nitrogens with two attached hydrogens (primary N) is 1. The van der Waals surface area contributed by atoms with Crippen molar-refractivity contribution >= 4 is 11.9 Å². The van der Waals surface area contributed by atoms with E-state index in [0.717, 1.165) is 0 Å². The molecule has 0 saturated carbocycles. The standard InChI is InChI=1S/C4H7N3O/c5-4(6)7-2-1-3-8/h1H,2H2,(H4,5,6,7). The average Bonchev–Trinajstić information content (AvgIpc) is 1.66. The van der Waals surface area contributed by atoms with Crippen LogP contribution in [0.25, 0.3) is 0 Å². The van der Waals surface area contributed by atoms with E-state index in [2.05, 4.69) is 5.32 Å². The smallest absolute Gasteiger partial charge is 0.185 e. The predicted molar refractivity (Wildman–Crippen MR) is 30.2 cm³/mol. The summed E-state index contributed by atoms with van der Waals surface area (Å²) in [6, 6.07) is 0. The second-order valence-electron chi connectivity index (χ2n) is 1.12. The molecule has 0 saturated heterocycles. The Kier molecular flexibility index (Phi) is 3.27. The largest absolute Gasteiger partial charge is 0.370 e. The predicted octanol–water partition coefficient (Wildman–Crippen LogP) is -1.14. The van der Waals surface area contributed by atoms with Crippen molar-refractivity contribution in [3.05, 3.63) is 6.08 Å². The Morgan fingerprint density at radius 1 is 2.00 bits per heavy atom. The fourth-order valence-corrected chi connectivity index (χ4v) is 0.203. The summed E-state index contributed by atoms with van der Waals surface area (Å²) in [4.78, 5) is 9.45.